The van der Waals surface area contributed by atoms with Crippen molar-refractivity contribution in [3.8, 4) is 22.3 Å². The van der Waals surface area contributed by atoms with Crippen LogP contribution in [-0.2, 0) is 0 Å². The summed E-state index contributed by atoms with van der Waals surface area (Å²) in [6.07, 6.45) is 0. The minimum atomic E-state index is 0.119. The molecule has 0 bridgehead atoms. The lowest BCUT2D eigenvalue weighted by Gasteiger charge is -2.22. The normalized spacial score (nSPS) is 12.2. The monoisotopic (exact) mass is 306 g/mol. The second-order valence-electron chi connectivity index (χ2n) is 6.13. The molecule has 0 amide bonds. The molecule has 1 aliphatic rings. The third-order valence-electron chi connectivity index (χ3n) is 4.82. The topological polar surface area (TPSA) is 17.1 Å². The molecule has 0 aromatic heterocycles. The maximum atomic E-state index is 12.9. The molecule has 0 spiro atoms. The van der Waals surface area contributed by atoms with Crippen molar-refractivity contribution >= 4 is 16.6 Å². The van der Waals surface area contributed by atoms with Gasteiger partial charge in [-0.25, -0.2) is 0 Å². The fraction of sp³-hybridized carbons (Fsp3) is 0. The van der Waals surface area contributed by atoms with Gasteiger partial charge in [0, 0.05) is 16.5 Å². The SMILES string of the molecule is O=C1c2ccccc2-c2c(-c3ccccc3)ccc3cccc1c23. The molecule has 1 heteroatoms. The highest BCUT2D eigenvalue weighted by Crippen LogP contribution is 2.44. The van der Waals surface area contributed by atoms with E-state index in [1.165, 1.54) is 16.7 Å². The van der Waals surface area contributed by atoms with Gasteiger partial charge in [-0.1, -0.05) is 84.9 Å². The Morgan fingerprint density at radius 3 is 2.04 bits per heavy atom. The molecule has 4 aromatic rings. The lowest BCUT2D eigenvalue weighted by molar-refractivity contribution is 0.104. The Kier molecular flexibility index (Phi) is 2.71. The second-order valence-corrected chi connectivity index (χ2v) is 6.13. The van der Waals surface area contributed by atoms with Gasteiger partial charge in [0.15, 0.2) is 5.78 Å². The highest BCUT2D eigenvalue weighted by molar-refractivity contribution is 6.27. The number of carbonyl (C=O) groups is 1. The molecule has 4 aromatic carbocycles. The average Bonchev–Trinajstić information content (AvgIpc) is 2.66. The van der Waals surface area contributed by atoms with Crippen LogP contribution in [0.4, 0.5) is 0 Å². The van der Waals surface area contributed by atoms with Crippen LogP contribution < -0.4 is 0 Å². The third-order valence-corrected chi connectivity index (χ3v) is 4.82. The van der Waals surface area contributed by atoms with Gasteiger partial charge in [0.2, 0.25) is 0 Å². The zero-order chi connectivity index (χ0) is 16.1. The van der Waals surface area contributed by atoms with Crippen LogP contribution in [0.25, 0.3) is 33.0 Å². The Labute approximate surface area is 140 Å². The van der Waals surface area contributed by atoms with E-state index in [1.54, 1.807) is 0 Å². The number of hydrogen-bond donors (Lipinski definition) is 0. The first-order valence-electron chi connectivity index (χ1n) is 8.10. The van der Waals surface area contributed by atoms with Gasteiger partial charge in [0.05, 0.1) is 0 Å². The van der Waals surface area contributed by atoms with Crippen molar-refractivity contribution in [2.45, 2.75) is 0 Å². The molecule has 0 saturated carbocycles. The van der Waals surface area contributed by atoms with E-state index >= 15 is 0 Å². The van der Waals surface area contributed by atoms with Crippen LogP contribution in [0.3, 0.4) is 0 Å². The van der Waals surface area contributed by atoms with Crippen LogP contribution in [0.5, 0.6) is 0 Å². The van der Waals surface area contributed by atoms with Gasteiger partial charge < -0.3 is 0 Å². The first-order valence-corrected chi connectivity index (χ1v) is 8.10. The van der Waals surface area contributed by atoms with E-state index in [-0.39, 0.29) is 5.78 Å². The maximum Gasteiger partial charge on any atom is 0.194 e. The summed E-state index contributed by atoms with van der Waals surface area (Å²) in [5, 5.41) is 2.19. The number of rotatable bonds is 1. The van der Waals surface area contributed by atoms with Crippen molar-refractivity contribution in [2.24, 2.45) is 0 Å². The van der Waals surface area contributed by atoms with Crippen LogP contribution in [0.15, 0.2) is 84.9 Å². The van der Waals surface area contributed by atoms with E-state index in [9.17, 15) is 4.79 Å². The Bertz CT molecular complexity index is 1110. The fourth-order valence-corrected chi connectivity index (χ4v) is 3.75. The molecule has 0 unspecified atom stereocenters. The van der Waals surface area contributed by atoms with Gasteiger partial charge in [-0.15, -0.1) is 0 Å². The highest BCUT2D eigenvalue weighted by atomic mass is 16.1. The summed E-state index contributed by atoms with van der Waals surface area (Å²) in [6.45, 7) is 0. The minimum Gasteiger partial charge on any atom is -0.289 e. The van der Waals surface area contributed by atoms with Crippen LogP contribution in [0.1, 0.15) is 15.9 Å². The number of fused-ring (bicyclic) bond motifs is 2. The number of benzene rings is 4. The van der Waals surface area contributed by atoms with Crippen LogP contribution in [-0.4, -0.2) is 5.78 Å². The molecular weight excluding hydrogens is 292 g/mol. The quantitative estimate of drug-likeness (QED) is 0.387. The van der Waals surface area contributed by atoms with Crippen molar-refractivity contribution in [2.75, 3.05) is 0 Å². The van der Waals surface area contributed by atoms with Crippen molar-refractivity contribution in [1.82, 2.24) is 0 Å². The largest absolute Gasteiger partial charge is 0.289 e. The number of hydrogen-bond acceptors (Lipinski definition) is 1. The van der Waals surface area contributed by atoms with Crippen molar-refractivity contribution < 1.29 is 4.79 Å². The first kappa shape index (κ1) is 13.3. The standard InChI is InChI=1S/C23H14O/c24-23-19-11-5-4-10-18(19)22-17(15-7-2-1-3-8-15)14-13-16-9-6-12-20(23)21(16)22/h1-14H. The Morgan fingerprint density at radius 1 is 0.500 bits per heavy atom. The molecule has 0 aliphatic heterocycles. The molecule has 0 heterocycles. The van der Waals surface area contributed by atoms with Gasteiger partial charge in [0.25, 0.3) is 0 Å². The van der Waals surface area contributed by atoms with Crippen LogP contribution in [0.2, 0.25) is 0 Å². The average molecular weight is 306 g/mol. The molecule has 1 nitrogen and oxygen atoms in total. The third kappa shape index (κ3) is 1.73. The zero-order valence-corrected chi connectivity index (χ0v) is 13.0. The molecular formula is C23H14O. The van der Waals surface area contributed by atoms with Crippen LogP contribution in [0, 0.1) is 0 Å². The lowest BCUT2D eigenvalue weighted by atomic mass is 9.79. The van der Waals surface area contributed by atoms with Gasteiger partial charge >= 0.3 is 0 Å². The number of carbonyl (C=O) groups excluding carboxylic acids is 1. The van der Waals surface area contributed by atoms with E-state index in [0.29, 0.717) is 0 Å². The van der Waals surface area contributed by atoms with Crippen molar-refractivity contribution in [1.29, 1.82) is 0 Å². The molecule has 0 atom stereocenters. The predicted octanol–water partition coefficient (Wildman–Crippen LogP) is 5.72. The minimum absolute atomic E-state index is 0.119. The summed E-state index contributed by atoms with van der Waals surface area (Å²) in [5.74, 6) is 0.119. The molecule has 0 saturated heterocycles. The van der Waals surface area contributed by atoms with E-state index < -0.39 is 0 Å². The lowest BCUT2D eigenvalue weighted by Crippen LogP contribution is -2.10. The van der Waals surface area contributed by atoms with Gasteiger partial charge in [0.1, 0.15) is 0 Å². The first-order chi connectivity index (χ1) is 11.8. The highest BCUT2D eigenvalue weighted by Gasteiger charge is 2.26. The maximum absolute atomic E-state index is 12.9. The smallest absolute Gasteiger partial charge is 0.194 e. The Morgan fingerprint density at radius 2 is 1.21 bits per heavy atom. The zero-order valence-electron chi connectivity index (χ0n) is 13.0. The fourth-order valence-electron chi connectivity index (χ4n) is 3.75. The van der Waals surface area contributed by atoms with Crippen molar-refractivity contribution in [3.63, 3.8) is 0 Å². The molecule has 0 fully saturated rings. The molecule has 5 rings (SSSR count). The van der Waals surface area contributed by atoms with E-state index in [0.717, 1.165) is 27.5 Å². The summed E-state index contributed by atoms with van der Waals surface area (Å²) in [7, 11) is 0. The molecule has 0 N–H and O–H groups in total. The number of ketones is 1. The summed E-state index contributed by atoms with van der Waals surface area (Å²) in [4.78, 5) is 12.9. The van der Waals surface area contributed by atoms with Gasteiger partial charge in [-0.2, -0.15) is 0 Å². The molecule has 1 aliphatic carbocycles. The predicted molar refractivity (Wildman–Crippen MR) is 98.3 cm³/mol. The summed E-state index contributed by atoms with van der Waals surface area (Å²) in [5.41, 5.74) is 6.15. The van der Waals surface area contributed by atoms with Crippen LogP contribution >= 0.6 is 0 Å². The van der Waals surface area contributed by atoms with E-state index in [2.05, 4.69) is 48.5 Å². The Hall–Kier alpha value is -3.19. The van der Waals surface area contributed by atoms with Gasteiger partial charge in [-0.05, 0) is 27.6 Å². The molecule has 112 valence electrons. The summed E-state index contributed by atoms with van der Waals surface area (Å²) < 4.78 is 0. The summed E-state index contributed by atoms with van der Waals surface area (Å²) >= 11 is 0. The second kappa shape index (κ2) is 4.90. The van der Waals surface area contributed by atoms with Crippen molar-refractivity contribution in [3.05, 3.63) is 96.1 Å². The van der Waals surface area contributed by atoms with E-state index in [1.807, 2.05) is 36.4 Å². The van der Waals surface area contributed by atoms with E-state index in [4.69, 9.17) is 0 Å². The molecule has 24 heavy (non-hydrogen) atoms. The summed E-state index contributed by atoms with van der Waals surface area (Å²) in [6, 6.07) is 28.6. The van der Waals surface area contributed by atoms with Gasteiger partial charge in [-0.3, -0.25) is 4.79 Å². The molecule has 0 radical (unpaired) electrons. The Balaban J connectivity index is 2.00.